The van der Waals surface area contributed by atoms with Crippen molar-refractivity contribution in [1.82, 2.24) is 0 Å². The first kappa shape index (κ1) is 23.6. The van der Waals surface area contributed by atoms with Gasteiger partial charge in [0, 0.05) is 12.1 Å². The van der Waals surface area contributed by atoms with E-state index in [9.17, 15) is 9.90 Å². The molecule has 0 aliphatic carbocycles. The smallest absolute Gasteiger partial charge is 0.305 e. The SMILES string of the molecule is [C-]#[N+]c1ccc(N2C(=S)N(c3ccc(CCCC(=O)OC)cc3)C(C)(C)C2O)c(F)c1C. The molecular formula is C24H26FN3O3S. The van der Waals surface area contributed by atoms with Crippen molar-refractivity contribution in [2.75, 3.05) is 16.9 Å². The van der Waals surface area contributed by atoms with Gasteiger partial charge in [0.1, 0.15) is 5.82 Å². The number of hydrogen-bond donors (Lipinski definition) is 1. The number of carbonyl (C=O) groups is 1. The van der Waals surface area contributed by atoms with Gasteiger partial charge in [0.2, 0.25) is 0 Å². The minimum absolute atomic E-state index is 0.141. The summed E-state index contributed by atoms with van der Waals surface area (Å²) in [4.78, 5) is 17.8. The van der Waals surface area contributed by atoms with Gasteiger partial charge in [-0.2, -0.15) is 0 Å². The molecule has 0 aromatic heterocycles. The second kappa shape index (κ2) is 9.23. The Hall–Kier alpha value is -3.02. The van der Waals surface area contributed by atoms with Crippen LogP contribution in [0.2, 0.25) is 0 Å². The van der Waals surface area contributed by atoms with Gasteiger partial charge in [-0.1, -0.05) is 18.2 Å². The van der Waals surface area contributed by atoms with Crippen LogP contribution < -0.4 is 9.80 Å². The van der Waals surface area contributed by atoms with Gasteiger partial charge in [0.25, 0.3) is 0 Å². The summed E-state index contributed by atoms with van der Waals surface area (Å²) in [6.45, 7) is 12.4. The summed E-state index contributed by atoms with van der Waals surface area (Å²) in [5.41, 5.74) is 1.59. The number of aryl methyl sites for hydroxylation is 1. The van der Waals surface area contributed by atoms with Crippen LogP contribution in [-0.4, -0.2) is 35.1 Å². The predicted molar refractivity (Wildman–Crippen MR) is 126 cm³/mol. The summed E-state index contributed by atoms with van der Waals surface area (Å²) in [5, 5.41) is 11.4. The Morgan fingerprint density at radius 3 is 2.53 bits per heavy atom. The zero-order valence-corrected chi connectivity index (χ0v) is 19.4. The van der Waals surface area contributed by atoms with E-state index >= 15 is 4.39 Å². The molecule has 2 aromatic carbocycles. The maximum Gasteiger partial charge on any atom is 0.305 e. The minimum atomic E-state index is -1.09. The molecule has 8 heteroatoms. The van der Waals surface area contributed by atoms with Crippen molar-refractivity contribution in [2.24, 2.45) is 0 Å². The van der Waals surface area contributed by atoms with Gasteiger partial charge >= 0.3 is 5.97 Å². The number of ether oxygens (including phenoxy) is 1. The summed E-state index contributed by atoms with van der Waals surface area (Å²) >= 11 is 5.67. The van der Waals surface area contributed by atoms with Gasteiger partial charge in [0.05, 0.1) is 24.9 Å². The maximum atomic E-state index is 15.1. The second-order valence-corrected chi connectivity index (χ2v) is 8.63. The van der Waals surface area contributed by atoms with Crippen LogP contribution in [-0.2, 0) is 16.0 Å². The quantitative estimate of drug-likeness (QED) is 0.380. The van der Waals surface area contributed by atoms with Gasteiger partial charge in [0.15, 0.2) is 17.0 Å². The van der Waals surface area contributed by atoms with Crippen LogP contribution in [0.15, 0.2) is 36.4 Å². The fraction of sp³-hybridized carbons (Fsp3) is 0.375. The molecule has 0 radical (unpaired) electrons. The molecule has 1 saturated heterocycles. The van der Waals surface area contributed by atoms with Crippen molar-refractivity contribution in [1.29, 1.82) is 0 Å². The molecule has 1 atom stereocenters. The van der Waals surface area contributed by atoms with Gasteiger partial charge in [-0.05, 0) is 75.2 Å². The highest BCUT2D eigenvalue weighted by molar-refractivity contribution is 7.80. The number of benzene rings is 2. The summed E-state index contributed by atoms with van der Waals surface area (Å²) in [5.74, 6) is -0.801. The van der Waals surface area contributed by atoms with E-state index < -0.39 is 17.6 Å². The van der Waals surface area contributed by atoms with Crippen LogP contribution >= 0.6 is 12.2 Å². The lowest BCUT2D eigenvalue weighted by Gasteiger charge is -2.33. The minimum Gasteiger partial charge on any atom is -0.469 e. The van der Waals surface area contributed by atoms with Crippen LogP contribution in [0.5, 0.6) is 0 Å². The number of anilines is 2. The number of aliphatic hydroxyl groups is 1. The Kier molecular flexibility index (Phi) is 6.82. The van der Waals surface area contributed by atoms with E-state index in [-0.39, 0.29) is 28.0 Å². The molecule has 0 amide bonds. The molecule has 2 aromatic rings. The molecule has 1 heterocycles. The first-order valence-corrected chi connectivity index (χ1v) is 10.7. The molecular weight excluding hydrogens is 429 g/mol. The molecule has 1 N–H and O–H groups in total. The molecule has 1 unspecified atom stereocenters. The Bertz CT molecular complexity index is 1080. The number of thiocarbonyl (C=S) groups is 1. The second-order valence-electron chi connectivity index (χ2n) is 8.27. The first-order valence-electron chi connectivity index (χ1n) is 10.3. The van der Waals surface area contributed by atoms with Crippen molar-refractivity contribution in [3.63, 3.8) is 0 Å². The van der Waals surface area contributed by atoms with Crippen LogP contribution in [0, 0.1) is 19.3 Å². The maximum absolute atomic E-state index is 15.1. The van der Waals surface area contributed by atoms with Gasteiger partial charge in [-0.25, -0.2) is 9.24 Å². The first-order chi connectivity index (χ1) is 15.1. The van der Waals surface area contributed by atoms with Crippen LogP contribution in [0.25, 0.3) is 4.85 Å². The third kappa shape index (κ3) is 4.18. The van der Waals surface area contributed by atoms with Crippen molar-refractivity contribution in [2.45, 2.75) is 51.8 Å². The molecule has 1 fully saturated rings. The highest BCUT2D eigenvalue weighted by atomic mass is 32.1. The number of hydrogen-bond acceptors (Lipinski definition) is 4. The topological polar surface area (TPSA) is 57.4 Å². The molecule has 0 spiro atoms. The van der Waals surface area contributed by atoms with E-state index in [1.54, 1.807) is 6.92 Å². The molecule has 0 bridgehead atoms. The van der Waals surface area contributed by atoms with E-state index in [0.29, 0.717) is 12.8 Å². The number of nitrogens with zero attached hydrogens (tertiary/aromatic N) is 3. The van der Waals surface area contributed by atoms with E-state index in [1.165, 1.54) is 24.1 Å². The van der Waals surface area contributed by atoms with Crippen molar-refractivity contribution >= 4 is 40.4 Å². The largest absolute Gasteiger partial charge is 0.469 e. The molecule has 3 rings (SSSR count). The summed E-state index contributed by atoms with van der Waals surface area (Å²) in [7, 11) is 1.38. The number of halogens is 1. The third-order valence-corrected chi connectivity index (χ3v) is 6.22. The van der Waals surface area contributed by atoms with Crippen LogP contribution in [0.3, 0.4) is 0 Å². The molecule has 0 saturated carbocycles. The van der Waals surface area contributed by atoms with Gasteiger partial charge < -0.3 is 14.7 Å². The average molecular weight is 456 g/mol. The van der Waals surface area contributed by atoms with Crippen LogP contribution in [0.1, 0.15) is 37.8 Å². The van der Waals surface area contributed by atoms with Crippen molar-refractivity contribution < 1.29 is 19.0 Å². The number of esters is 1. The number of rotatable bonds is 6. The Morgan fingerprint density at radius 2 is 1.94 bits per heavy atom. The number of methoxy groups -OCH3 is 1. The normalized spacial score (nSPS) is 17.4. The Balaban J connectivity index is 1.87. The highest BCUT2D eigenvalue weighted by Gasteiger charge is 2.50. The molecule has 168 valence electrons. The summed E-state index contributed by atoms with van der Waals surface area (Å²) in [6, 6.07) is 10.7. The molecule has 6 nitrogen and oxygen atoms in total. The standard InChI is InChI=1S/C24H26FN3O3S/c1-15-18(26-4)13-14-19(21(15)25)27-22(30)24(2,3)28(23(27)32)17-11-9-16(10-12-17)7-6-8-20(29)31-5/h9-14,22,30H,6-8H2,1-3,5H3. The lowest BCUT2D eigenvalue weighted by Crippen LogP contribution is -2.47. The number of aliphatic hydroxyl groups excluding tert-OH is 1. The lowest BCUT2D eigenvalue weighted by molar-refractivity contribution is -0.140. The fourth-order valence-corrected chi connectivity index (χ4v) is 4.43. The fourth-order valence-electron chi connectivity index (χ4n) is 3.89. The molecule has 1 aliphatic rings. The summed E-state index contributed by atoms with van der Waals surface area (Å²) < 4.78 is 19.7. The van der Waals surface area contributed by atoms with Crippen molar-refractivity contribution in [3.05, 3.63) is 64.8 Å². The summed E-state index contributed by atoms with van der Waals surface area (Å²) in [6.07, 6.45) is 0.684. The van der Waals surface area contributed by atoms with E-state index in [0.717, 1.165) is 17.7 Å². The zero-order valence-electron chi connectivity index (χ0n) is 18.6. The van der Waals surface area contributed by atoms with Gasteiger partial charge in [-0.15, -0.1) is 0 Å². The number of carbonyl (C=O) groups excluding carboxylic acids is 1. The predicted octanol–water partition coefficient (Wildman–Crippen LogP) is 4.89. The van der Waals surface area contributed by atoms with Crippen LogP contribution in [0.4, 0.5) is 21.5 Å². The molecule has 32 heavy (non-hydrogen) atoms. The Labute approximate surface area is 193 Å². The van der Waals surface area contributed by atoms with E-state index in [4.69, 9.17) is 18.8 Å². The highest BCUT2D eigenvalue weighted by Crippen LogP contribution is 2.41. The van der Waals surface area contributed by atoms with Gasteiger partial charge in [-0.3, -0.25) is 9.69 Å². The monoisotopic (exact) mass is 455 g/mol. The Morgan fingerprint density at radius 1 is 1.28 bits per heavy atom. The zero-order chi connectivity index (χ0) is 23.6. The van der Waals surface area contributed by atoms with E-state index in [1.807, 2.05) is 43.0 Å². The third-order valence-electron chi connectivity index (χ3n) is 5.84. The molecule has 1 aliphatic heterocycles. The lowest BCUT2D eigenvalue weighted by atomic mass is 10.0. The van der Waals surface area contributed by atoms with Crippen molar-refractivity contribution in [3.8, 4) is 0 Å². The van der Waals surface area contributed by atoms with E-state index in [2.05, 4.69) is 9.58 Å². The average Bonchev–Trinajstić information content (AvgIpc) is 2.94.